The Morgan fingerprint density at radius 3 is 2.44 bits per heavy atom. The van der Waals surface area contributed by atoms with E-state index in [1.165, 1.54) is 43.4 Å². The molecule has 0 aliphatic rings. The van der Waals surface area contributed by atoms with Crippen LogP contribution >= 0.6 is 0 Å². The van der Waals surface area contributed by atoms with Gasteiger partial charge in [-0.1, -0.05) is 38.3 Å². The molecule has 1 N–H and O–H groups in total. The lowest BCUT2D eigenvalue weighted by atomic mass is 10.0. The van der Waals surface area contributed by atoms with Gasteiger partial charge in [-0.2, -0.15) is 0 Å². The molecule has 0 spiro atoms. The van der Waals surface area contributed by atoms with E-state index >= 15 is 0 Å². The van der Waals surface area contributed by atoms with Crippen LogP contribution in [0, 0.1) is 5.82 Å². The summed E-state index contributed by atoms with van der Waals surface area (Å²) in [4.78, 5) is 0. The van der Waals surface area contributed by atoms with E-state index < -0.39 is 0 Å². The molecule has 90 valence electrons. The number of benzene rings is 1. The summed E-state index contributed by atoms with van der Waals surface area (Å²) in [5.74, 6) is -0.157. The van der Waals surface area contributed by atoms with Crippen molar-refractivity contribution in [3.63, 3.8) is 0 Å². The van der Waals surface area contributed by atoms with E-state index in [2.05, 4.69) is 12.2 Å². The van der Waals surface area contributed by atoms with Gasteiger partial charge in [0.15, 0.2) is 0 Å². The molecule has 1 atom stereocenters. The Morgan fingerprint density at radius 2 is 1.88 bits per heavy atom. The van der Waals surface area contributed by atoms with Crippen molar-refractivity contribution in [2.45, 2.75) is 45.1 Å². The van der Waals surface area contributed by atoms with E-state index in [4.69, 9.17) is 0 Å². The molecule has 1 aromatic carbocycles. The third kappa shape index (κ3) is 4.75. The van der Waals surface area contributed by atoms with Gasteiger partial charge in [-0.3, -0.25) is 0 Å². The lowest BCUT2D eigenvalue weighted by Gasteiger charge is -2.15. The van der Waals surface area contributed by atoms with Gasteiger partial charge >= 0.3 is 0 Å². The predicted molar refractivity (Wildman–Crippen MR) is 67.1 cm³/mol. The molecule has 0 fully saturated rings. The summed E-state index contributed by atoms with van der Waals surface area (Å²) < 4.78 is 12.7. The van der Waals surface area contributed by atoms with Crippen LogP contribution < -0.4 is 5.32 Å². The summed E-state index contributed by atoms with van der Waals surface area (Å²) in [7, 11) is 2.00. The van der Waals surface area contributed by atoms with Crippen LogP contribution in [-0.2, 0) is 6.42 Å². The molecule has 0 aromatic heterocycles. The number of hydrogen-bond acceptors (Lipinski definition) is 1. The fraction of sp³-hybridized carbons (Fsp3) is 0.571. The van der Waals surface area contributed by atoms with Crippen molar-refractivity contribution < 1.29 is 4.39 Å². The maximum Gasteiger partial charge on any atom is 0.123 e. The van der Waals surface area contributed by atoms with E-state index in [-0.39, 0.29) is 5.82 Å². The Bertz CT molecular complexity index is 281. The first kappa shape index (κ1) is 13.2. The fourth-order valence-electron chi connectivity index (χ4n) is 1.89. The molecule has 0 amide bonds. The van der Waals surface area contributed by atoms with Crippen LogP contribution in [0.25, 0.3) is 0 Å². The van der Waals surface area contributed by atoms with Crippen molar-refractivity contribution in [2.24, 2.45) is 0 Å². The molecule has 1 nitrogen and oxygen atoms in total. The van der Waals surface area contributed by atoms with Gasteiger partial charge in [0.1, 0.15) is 5.82 Å². The number of halogens is 1. The molecule has 0 radical (unpaired) electrons. The summed E-state index contributed by atoms with van der Waals surface area (Å²) in [5, 5.41) is 3.33. The topological polar surface area (TPSA) is 12.0 Å². The normalized spacial score (nSPS) is 12.7. The molecule has 0 saturated heterocycles. The van der Waals surface area contributed by atoms with E-state index in [0.29, 0.717) is 6.04 Å². The standard InChI is InChI=1S/C14H22FN/c1-3-4-5-6-14(16-2)11-12-7-9-13(15)10-8-12/h7-10,14,16H,3-6,11H2,1-2H3. The number of unbranched alkanes of at least 4 members (excludes halogenated alkanes) is 2. The van der Waals surface area contributed by atoms with Crippen molar-refractivity contribution in [1.82, 2.24) is 5.32 Å². The van der Waals surface area contributed by atoms with Crippen LogP contribution in [0.2, 0.25) is 0 Å². The first-order valence-electron chi connectivity index (χ1n) is 6.18. The van der Waals surface area contributed by atoms with Gasteiger partial charge in [0.25, 0.3) is 0 Å². The maximum absolute atomic E-state index is 12.7. The summed E-state index contributed by atoms with van der Waals surface area (Å²) >= 11 is 0. The van der Waals surface area contributed by atoms with E-state index in [0.717, 1.165) is 6.42 Å². The molecule has 0 heterocycles. The Hall–Kier alpha value is -0.890. The van der Waals surface area contributed by atoms with Crippen molar-refractivity contribution in [3.8, 4) is 0 Å². The minimum absolute atomic E-state index is 0.157. The molecular weight excluding hydrogens is 201 g/mol. The van der Waals surface area contributed by atoms with Crippen LogP contribution in [-0.4, -0.2) is 13.1 Å². The van der Waals surface area contributed by atoms with Crippen LogP contribution in [0.4, 0.5) is 4.39 Å². The molecule has 1 aromatic rings. The summed E-state index contributed by atoms with van der Waals surface area (Å²) in [6, 6.07) is 7.33. The molecular formula is C14H22FN. The molecule has 1 rings (SSSR count). The highest BCUT2D eigenvalue weighted by atomic mass is 19.1. The van der Waals surface area contributed by atoms with Crippen molar-refractivity contribution in [3.05, 3.63) is 35.6 Å². The molecule has 0 aliphatic heterocycles. The minimum Gasteiger partial charge on any atom is -0.317 e. The second-order valence-corrected chi connectivity index (χ2v) is 4.31. The Morgan fingerprint density at radius 1 is 1.19 bits per heavy atom. The Balaban J connectivity index is 2.40. The first-order chi connectivity index (χ1) is 7.76. The minimum atomic E-state index is -0.157. The third-order valence-corrected chi connectivity index (χ3v) is 2.96. The number of rotatable bonds is 7. The highest BCUT2D eigenvalue weighted by molar-refractivity contribution is 5.17. The second-order valence-electron chi connectivity index (χ2n) is 4.31. The molecule has 0 aliphatic carbocycles. The molecule has 0 saturated carbocycles. The average molecular weight is 223 g/mol. The zero-order chi connectivity index (χ0) is 11.8. The maximum atomic E-state index is 12.7. The average Bonchev–Trinajstić information content (AvgIpc) is 2.31. The van der Waals surface area contributed by atoms with Crippen molar-refractivity contribution >= 4 is 0 Å². The van der Waals surface area contributed by atoms with Crippen LogP contribution in [0.3, 0.4) is 0 Å². The van der Waals surface area contributed by atoms with Crippen LogP contribution in [0.15, 0.2) is 24.3 Å². The molecule has 1 unspecified atom stereocenters. The lowest BCUT2D eigenvalue weighted by Crippen LogP contribution is -2.27. The number of hydrogen-bond donors (Lipinski definition) is 1. The zero-order valence-electron chi connectivity index (χ0n) is 10.3. The van der Waals surface area contributed by atoms with Gasteiger partial charge in [-0.15, -0.1) is 0 Å². The first-order valence-corrected chi connectivity index (χ1v) is 6.18. The van der Waals surface area contributed by atoms with E-state index in [1.807, 2.05) is 19.2 Å². The number of likely N-dealkylation sites (N-methyl/N-ethyl adjacent to an activating group) is 1. The molecule has 0 bridgehead atoms. The summed E-state index contributed by atoms with van der Waals surface area (Å²) in [5.41, 5.74) is 1.21. The second kappa shape index (κ2) is 7.39. The molecule has 16 heavy (non-hydrogen) atoms. The summed E-state index contributed by atoms with van der Waals surface area (Å²) in [6.45, 7) is 2.22. The Kier molecular flexibility index (Phi) is 6.09. The fourth-order valence-corrected chi connectivity index (χ4v) is 1.89. The summed E-state index contributed by atoms with van der Waals surface area (Å²) in [6.07, 6.45) is 6.00. The third-order valence-electron chi connectivity index (χ3n) is 2.96. The monoisotopic (exact) mass is 223 g/mol. The number of nitrogens with one attached hydrogen (secondary N) is 1. The largest absolute Gasteiger partial charge is 0.317 e. The van der Waals surface area contributed by atoms with E-state index in [9.17, 15) is 4.39 Å². The predicted octanol–water partition coefficient (Wildman–Crippen LogP) is 3.54. The smallest absolute Gasteiger partial charge is 0.123 e. The Labute approximate surface area is 98.1 Å². The van der Waals surface area contributed by atoms with Gasteiger partial charge in [-0.25, -0.2) is 4.39 Å². The van der Waals surface area contributed by atoms with Gasteiger partial charge in [-0.05, 0) is 37.6 Å². The lowest BCUT2D eigenvalue weighted by molar-refractivity contribution is 0.489. The molecule has 2 heteroatoms. The SMILES string of the molecule is CCCCCC(Cc1ccc(F)cc1)NC. The highest BCUT2D eigenvalue weighted by Gasteiger charge is 2.06. The van der Waals surface area contributed by atoms with Gasteiger partial charge < -0.3 is 5.32 Å². The van der Waals surface area contributed by atoms with Crippen molar-refractivity contribution in [2.75, 3.05) is 7.05 Å². The quantitative estimate of drug-likeness (QED) is 0.697. The van der Waals surface area contributed by atoms with Crippen molar-refractivity contribution in [1.29, 1.82) is 0 Å². The zero-order valence-corrected chi connectivity index (χ0v) is 10.3. The van der Waals surface area contributed by atoms with Crippen LogP contribution in [0.5, 0.6) is 0 Å². The van der Waals surface area contributed by atoms with Gasteiger partial charge in [0.05, 0.1) is 0 Å². The highest BCUT2D eigenvalue weighted by Crippen LogP contribution is 2.10. The van der Waals surface area contributed by atoms with Gasteiger partial charge in [0.2, 0.25) is 0 Å². The van der Waals surface area contributed by atoms with Gasteiger partial charge in [0, 0.05) is 6.04 Å². The van der Waals surface area contributed by atoms with Crippen LogP contribution in [0.1, 0.15) is 38.2 Å². The van der Waals surface area contributed by atoms with E-state index in [1.54, 1.807) is 0 Å².